The van der Waals surface area contributed by atoms with Gasteiger partial charge in [-0.3, -0.25) is 14.8 Å². The standard InChI is InChI=1S/C19H26Cl2N4O4/c1-11(2)17(23-19(28)22-15-8-13(20)6-7-14(15)21)18(27)25(10-16(26)24-29)9-12-4-3-5-12/h6-8,11-12,17,29H,3-5,9-10H2,1-2H3,(H,24,26)(H2,22,23,28)/t17-/m0/s1. The number of nitrogens with zero attached hydrogens (tertiary/aromatic N) is 1. The molecule has 0 aliphatic heterocycles. The lowest BCUT2D eigenvalue weighted by Gasteiger charge is -2.35. The monoisotopic (exact) mass is 444 g/mol. The van der Waals surface area contributed by atoms with Gasteiger partial charge in [0.05, 0.1) is 10.7 Å². The van der Waals surface area contributed by atoms with Gasteiger partial charge in [0, 0.05) is 11.6 Å². The van der Waals surface area contributed by atoms with E-state index in [1.54, 1.807) is 31.5 Å². The molecule has 1 saturated carbocycles. The molecule has 29 heavy (non-hydrogen) atoms. The van der Waals surface area contributed by atoms with Crippen LogP contribution in [-0.4, -0.2) is 47.1 Å². The van der Waals surface area contributed by atoms with Gasteiger partial charge in [-0.1, -0.05) is 43.5 Å². The highest BCUT2D eigenvalue weighted by Gasteiger charge is 2.32. The number of hydroxylamine groups is 1. The van der Waals surface area contributed by atoms with Crippen LogP contribution in [0.25, 0.3) is 0 Å². The summed E-state index contributed by atoms with van der Waals surface area (Å²) in [5, 5.41) is 14.8. The van der Waals surface area contributed by atoms with Crippen LogP contribution in [0.3, 0.4) is 0 Å². The van der Waals surface area contributed by atoms with Gasteiger partial charge in [-0.15, -0.1) is 0 Å². The van der Waals surface area contributed by atoms with E-state index in [0.29, 0.717) is 28.2 Å². The van der Waals surface area contributed by atoms with Gasteiger partial charge in [-0.05, 0) is 42.9 Å². The number of carbonyl (C=O) groups is 3. The zero-order chi connectivity index (χ0) is 21.6. The minimum Gasteiger partial charge on any atom is -0.331 e. The normalized spacial score (nSPS) is 14.7. The summed E-state index contributed by atoms with van der Waals surface area (Å²) >= 11 is 12.0. The number of halogens is 2. The van der Waals surface area contributed by atoms with Gasteiger partial charge in [0.25, 0.3) is 5.91 Å². The molecule has 4 N–H and O–H groups in total. The van der Waals surface area contributed by atoms with Gasteiger partial charge in [0.15, 0.2) is 0 Å². The van der Waals surface area contributed by atoms with Crippen LogP contribution in [0.4, 0.5) is 10.5 Å². The summed E-state index contributed by atoms with van der Waals surface area (Å²) in [5.74, 6) is -0.986. The zero-order valence-electron chi connectivity index (χ0n) is 16.4. The van der Waals surface area contributed by atoms with Gasteiger partial charge >= 0.3 is 6.03 Å². The molecule has 0 saturated heterocycles. The lowest BCUT2D eigenvalue weighted by molar-refractivity contribution is -0.142. The predicted molar refractivity (Wildman–Crippen MR) is 111 cm³/mol. The zero-order valence-corrected chi connectivity index (χ0v) is 17.9. The second kappa shape index (κ2) is 10.7. The maximum absolute atomic E-state index is 13.1. The molecule has 1 aromatic rings. The average molecular weight is 445 g/mol. The first-order valence-corrected chi connectivity index (χ1v) is 10.2. The molecular formula is C19H26Cl2N4O4. The number of nitrogens with one attached hydrogen (secondary N) is 3. The number of anilines is 1. The van der Waals surface area contributed by atoms with E-state index in [0.717, 1.165) is 19.3 Å². The smallest absolute Gasteiger partial charge is 0.319 e. The summed E-state index contributed by atoms with van der Waals surface area (Å²) in [5.41, 5.74) is 1.87. The van der Waals surface area contributed by atoms with E-state index >= 15 is 0 Å². The minimum absolute atomic E-state index is 0.232. The van der Waals surface area contributed by atoms with Crippen molar-refractivity contribution in [1.82, 2.24) is 15.7 Å². The summed E-state index contributed by atoms with van der Waals surface area (Å²) in [6, 6.07) is 3.18. The molecule has 10 heteroatoms. The van der Waals surface area contributed by atoms with Crippen LogP contribution in [0.1, 0.15) is 33.1 Å². The Morgan fingerprint density at radius 2 is 1.93 bits per heavy atom. The lowest BCUT2D eigenvalue weighted by Crippen LogP contribution is -2.55. The number of urea groups is 1. The third kappa shape index (κ3) is 6.76. The number of amides is 4. The Bertz CT molecular complexity index is 756. The van der Waals surface area contributed by atoms with E-state index in [4.69, 9.17) is 28.4 Å². The fraction of sp³-hybridized carbons (Fsp3) is 0.526. The fourth-order valence-corrected chi connectivity index (χ4v) is 3.37. The van der Waals surface area contributed by atoms with Crippen molar-refractivity contribution in [2.75, 3.05) is 18.4 Å². The van der Waals surface area contributed by atoms with Gasteiger partial charge in [0.2, 0.25) is 5.91 Å². The molecule has 0 unspecified atom stereocenters. The molecule has 2 rings (SSSR count). The van der Waals surface area contributed by atoms with Crippen LogP contribution in [0, 0.1) is 11.8 Å². The van der Waals surface area contributed by atoms with E-state index in [2.05, 4.69) is 10.6 Å². The van der Waals surface area contributed by atoms with E-state index in [9.17, 15) is 14.4 Å². The Hall–Kier alpha value is -2.03. The molecule has 160 valence electrons. The van der Waals surface area contributed by atoms with E-state index < -0.39 is 18.0 Å². The molecule has 0 bridgehead atoms. The maximum atomic E-state index is 13.1. The third-order valence-electron chi connectivity index (χ3n) is 4.87. The molecule has 8 nitrogen and oxygen atoms in total. The van der Waals surface area contributed by atoms with Crippen molar-refractivity contribution in [2.45, 2.75) is 39.2 Å². The largest absolute Gasteiger partial charge is 0.331 e. The quantitative estimate of drug-likeness (QED) is 0.364. The Balaban J connectivity index is 2.09. The Labute approximate surface area is 179 Å². The van der Waals surface area contributed by atoms with Gasteiger partial charge in [0.1, 0.15) is 12.6 Å². The molecule has 1 aliphatic carbocycles. The van der Waals surface area contributed by atoms with Crippen molar-refractivity contribution in [3.8, 4) is 0 Å². The molecule has 1 aromatic carbocycles. The topological polar surface area (TPSA) is 111 Å². The van der Waals surface area contributed by atoms with Crippen LogP contribution < -0.4 is 16.1 Å². The second-order valence-corrected chi connectivity index (χ2v) is 8.34. The Kier molecular flexibility index (Phi) is 8.55. The highest BCUT2D eigenvalue weighted by atomic mass is 35.5. The van der Waals surface area contributed by atoms with Gasteiger partial charge < -0.3 is 15.5 Å². The summed E-state index contributed by atoms with van der Waals surface area (Å²) in [4.78, 5) is 38.6. The lowest BCUT2D eigenvalue weighted by atomic mass is 9.85. The van der Waals surface area contributed by atoms with Crippen LogP contribution in [0.15, 0.2) is 18.2 Å². The van der Waals surface area contributed by atoms with Crippen LogP contribution in [0.2, 0.25) is 10.0 Å². The number of hydrogen-bond donors (Lipinski definition) is 4. The Morgan fingerprint density at radius 3 is 2.48 bits per heavy atom. The summed E-state index contributed by atoms with van der Waals surface area (Å²) in [6.45, 7) is 3.71. The van der Waals surface area contributed by atoms with E-state index in [1.807, 2.05) is 0 Å². The third-order valence-corrected chi connectivity index (χ3v) is 5.43. The van der Waals surface area contributed by atoms with Crippen molar-refractivity contribution in [3.63, 3.8) is 0 Å². The molecular weight excluding hydrogens is 419 g/mol. The van der Waals surface area contributed by atoms with Crippen molar-refractivity contribution < 1.29 is 19.6 Å². The highest BCUT2D eigenvalue weighted by molar-refractivity contribution is 6.35. The SMILES string of the molecule is CC(C)[C@H](NC(=O)Nc1cc(Cl)ccc1Cl)C(=O)N(CC(=O)NO)CC1CCC1. The van der Waals surface area contributed by atoms with E-state index in [1.165, 1.54) is 11.0 Å². The Morgan fingerprint density at radius 1 is 1.24 bits per heavy atom. The van der Waals surface area contributed by atoms with Crippen LogP contribution in [-0.2, 0) is 9.59 Å². The summed E-state index contributed by atoms with van der Waals surface area (Å²) in [6.07, 6.45) is 3.06. The summed E-state index contributed by atoms with van der Waals surface area (Å²) < 4.78 is 0. The van der Waals surface area contributed by atoms with E-state index in [-0.39, 0.29) is 18.4 Å². The summed E-state index contributed by atoms with van der Waals surface area (Å²) in [7, 11) is 0. The molecule has 1 atom stereocenters. The number of carbonyl (C=O) groups excluding carboxylic acids is 3. The number of hydrogen-bond acceptors (Lipinski definition) is 4. The first-order chi connectivity index (χ1) is 13.7. The van der Waals surface area contributed by atoms with Crippen molar-refractivity contribution in [2.24, 2.45) is 11.8 Å². The first-order valence-electron chi connectivity index (χ1n) is 9.45. The van der Waals surface area contributed by atoms with Crippen molar-refractivity contribution in [3.05, 3.63) is 28.2 Å². The van der Waals surface area contributed by atoms with Crippen LogP contribution >= 0.6 is 23.2 Å². The fourth-order valence-electron chi connectivity index (χ4n) is 3.03. The predicted octanol–water partition coefficient (Wildman–Crippen LogP) is 3.27. The molecule has 0 radical (unpaired) electrons. The maximum Gasteiger partial charge on any atom is 0.319 e. The number of benzene rings is 1. The number of rotatable bonds is 8. The van der Waals surface area contributed by atoms with Crippen molar-refractivity contribution >= 4 is 46.7 Å². The molecule has 4 amide bonds. The minimum atomic E-state index is -0.862. The highest BCUT2D eigenvalue weighted by Crippen LogP contribution is 2.28. The molecule has 1 aliphatic rings. The van der Waals surface area contributed by atoms with Gasteiger partial charge in [-0.2, -0.15) is 0 Å². The van der Waals surface area contributed by atoms with Gasteiger partial charge in [-0.25, -0.2) is 10.3 Å². The molecule has 0 heterocycles. The molecule has 0 spiro atoms. The first kappa shape index (κ1) is 23.3. The van der Waals surface area contributed by atoms with Crippen molar-refractivity contribution in [1.29, 1.82) is 0 Å². The second-order valence-electron chi connectivity index (χ2n) is 7.49. The van der Waals surface area contributed by atoms with Crippen LogP contribution in [0.5, 0.6) is 0 Å². The molecule has 1 fully saturated rings. The average Bonchev–Trinajstić information content (AvgIpc) is 2.63. The molecule has 0 aromatic heterocycles.